The van der Waals surface area contributed by atoms with E-state index < -0.39 is 0 Å². The Kier molecular flexibility index (Phi) is 14.4. The minimum absolute atomic E-state index is 0.837. The first-order valence-electron chi connectivity index (χ1n) is 6.50. The summed E-state index contributed by atoms with van der Waals surface area (Å²) in [6.07, 6.45) is 7.13. The van der Waals surface area contributed by atoms with Crippen LogP contribution in [0.25, 0.3) is 0 Å². The molecular formula is C17H26N2. The van der Waals surface area contributed by atoms with Crippen LogP contribution >= 0.6 is 0 Å². The molecule has 0 radical (unpaired) electrons. The molecular weight excluding hydrogens is 232 g/mol. The van der Waals surface area contributed by atoms with Gasteiger partial charge in [0.1, 0.15) is 0 Å². The number of nitrogens with zero attached hydrogens (tertiary/aromatic N) is 2. The summed E-state index contributed by atoms with van der Waals surface area (Å²) in [5.41, 5.74) is 2.61. The maximum absolute atomic E-state index is 4.29. The SMILES string of the molecule is C=C(C)C(=N/C=C\C)c1ccccn1.C=CC.CC. The first-order valence-corrected chi connectivity index (χ1v) is 6.50. The molecule has 0 aliphatic carbocycles. The fraction of sp³-hybridized carbons (Fsp3) is 0.294. The van der Waals surface area contributed by atoms with Crippen molar-refractivity contribution in [1.82, 2.24) is 4.98 Å². The first kappa shape index (κ1) is 19.4. The molecule has 0 bridgehead atoms. The van der Waals surface area contributed by atoms with Gasteiger partial charge in [0, 0.05) is 12.4 Å². The highest BCUT2D eigenvalue weighted by Gasteiger charge is 2.03. The summed E-state index contributed by atoms with van der Waals surface area (Å²) in [7, 11) is 0. The van der Waals surface area contributed by atoms with Crippen molar-refractivity contribution in [2.24, 2.45) is 4.99 Å². The van der Waals surface area contributed by atoms with Crippen LogP contribution in [-0.2, 0) is 0 Å². The number of hydrogen-bond donors (Lipinski definition) is 0. The smallest absolute Gasteiger partial charge is 0.0909 e. The highest BCUT2D eigenvalue weighted by Crippen LogP contribution is 2.05. The van der Waals surface area contributed by atoms with Gasteiger partial charge in [-0.1, -0.05) is 38.6 Å². The van der Waals surface area contributed by atoms with Gasteiger partial charge in [0.2, 0.25) is 0 Å². The van der Waals surface area contributed by atoms with Crippen LogP contribution in [-0.4, -0.2) is 10.7 Å². The Hall–Kier alpha value is -1.96. The molecule has 0 aliphatic heterocycles. The van der Waals surface area contributed by atoms with Crippen molar-refractivity contribution in [3.8, 4) is 0 Å². The molecule has 0 amide bonds. The molecule has 2 nitrogen and oxygen atoms in total. The monoisotopic (exact) mass is 258 g/mol. The second-order valence-corrected chi connectivity index (χ2v) is 3.36. The summed E-state index contributed by atoms with van der Waals surface area (Å²) < 4.78 is 0. The third kappa shape index (κ3) is 9.72. The molecule has 0 saturated carbocycles. The quantitative estimate of drug-likeness (QED) is 0.540. The Labute approximate surface area is 118 Å². The molecule has 0 saturated heterocycles. The van der Waals surface area contributed by atoms with E-state index in [1.807, 2.05) is 58.9 Å². The molecule has 0 fully saturated rings. The molecule has 0 N–H and O–H groups in total. The summed E-state index contributed by atoms with van der Waals surface area (Å²) >= 11 is 0. The maximum atomic E-state index is 4.29. The average molecular weight is 258 g/mol. The fourth-order valence-electron chi connectivity index (χ4n) is 1.05. The third-order valence-electron chi connectivity index (χ3n) is 1.66. The zero-order valence-electron chi connectivity index (χ0n) is 12.9. The van der Waals surface area contributed by atoms with Crippen molar-refractivity contribution in [2.75, 3.05) is 0 Å². The number of aromatic nitrogens is 1. The Morgan fingerprint density at radius 1 is 1.26 bits per heavy atom. The zero-order chi connectivity index (χ0) is 15.1. The Balaban J connectivity index is 0. The van der Waals surface area contributed by atoms with E-state index >= 15 is 0 Å². The minimum Gasteiger partial charge on any atom is -0.255 e. The molecule has 0 unspecified atom stereocenters. The van der Waals surface area contributed by atoms with Gasteiger partial charge in [-0.25, -0.2) is 0 Å². The van der Waals surface area contributed by atoms with Gasteiger partial charge < -0.3 is 0 Å². The van der Waals surface area contributed by atoms with Crippen molar-refractivity contribution in [1.29, 1.82) is 0 Å². The third-order valence-corrected chi connectivity index (χ3v) is 1.66. The molecule has 0 atom stereocenters. The van der Waals surface area contributed by atoms with Crippen molar-refractivity contribution in [3.63, 3.8) is 0 Å². The van der Waals surface area contributed by atoms with Crippen molar-refractivity contribution in [2.45, 2.75) is 34.6 Å². The molecule has 19 heavy (non-hydrogen) atoms. The van der Waals surface area contributed by atoms with E-state index in [0.29, 0.717) is 0 Å². The topological polar surface area (TPSA) is 25.2 Å². The first-order chi connectivity index (χ1) is 9.17. The Morgan fingerprint density at radius 2 is 1.84 bits per heavy atom. The molecule has 1 heterocycles. The largest absolute Gasteiger partial charge is 0.255 e. The van der Waals surface area contributed by atoms with Crippen molar-refractivity contribution < 1.29 is 0 Å². The van der Waals surface area contributed by atoms with Crippen LogP contribution in [0.1, 0.15) is 40.3 Å². The van der Waals surface area contributed by atoms with E-state index in [9.17, 15) is 0 Å². The van der Waals surface area contributed by atoms with E-state index in [1.54, 1.807) is 18.5 Å². The second-order valence-electron chi connectivity index (χ2n) is 3.36. The van der Waals surface area contributed by atoms with Gasteiger partial charge in [-0.15, -0.1) is 6.58 Å². The summed E-state index contributed by atoms with van der Waals surface area (Å²) in [5, 5.41) is 0. The van der Waals surface area contributed by atoms with Gasteiger partial charge in [-0.3, -0.25) is 9.98 Å². The Morgan fingerprint density at radius 3 is 2.21 bits per heavy atom. The van der Waals surface area contributed by atoms with Crippen LogP contribution in [0.5, 0.6) is 0 Å². The van der Waals surface area contributed by atoms with Gasteiger partial charge in [0.05, 0.1) is 11.4 Å². The molecule has 1 aromatic heterocycles. The van der Waals surface area contributed by atoms with Gasteiger partial charge in [0.25, 0.3) is 0 Å². The minimum atomic E-state index is 0.837. The Bertz CT molecular complexity index is 401. The standard InChI is InChI=1S/C12H14N2.C3H6.C2H6/c1-4-8-14-12(10(2)3)11-7-5-6-9-13-11;1-3-2;1-2/h4-9H,2H2,1,3H3;3H,1H2,2H3;1-2H3/b8-4-,14-12?;;. The fourth-order valence-corrected chi connectivity index (χ4v) is 1.05. The number of allylic oxidation sites excluding steroid dienone is 3. The molecule has 2 heteroatoms. The summed E-state index contributed by atoms with van der Waals surface area (Å²) in [6.45, 7) is 17.0. The van der Waals surface area contributed by atoms with Crippen LogP contribution in [0.3, 0.4) is 0 Å². The van der Waals surface area contributed by atoms with Crippen LogP contribution in [0, 0.1) is 0 Å². The predicted molar refractivity (Wildman–Crippen MR) is 87.6 cm³/mol. The number of hydrogen-bond acceptors (Lipinski definition) is 2. The van der Waals surface area contributed by atoms with Crippen LogP contribution in [0.4, 0.5) is 0 Å². The van der Waals surface area contributed by atoms with Gasteiger partial charge in [-0.05, 0) is 38.5 Å². The van der Waals surface area contributed by atoms with Crippen LogP contribution < -0.4 is 0 Å². The molecule has 1 rings (SSSR count). The average Bonchev–Trinajstić information content (AvgIpc) is 2.43. The van der Waals surface area contributed by atoms with Crippen molar-refractivity contribution in [3.05, 3.63) is 67.2 Å². The van der Waals surface area contributed by atoms with Gasteiger partial charge >= 0.3 is 0 Å². The van der Waals surface area contributed by atoms with Crippen LogP contribution in [0.15, 0.2) is 66.5 Å². The summed E-state index contributed by atoms with van der Waals surface area (Å²) in [5.74, 6) is 0. The van der Waals surface area contributed by atoms with E-state index in [1.165, 1.54) is 0 Å². The molecule has 1 aromatic rings. The van der Waals surface area contributed by atoms with Crippen molar-refractivity contribution >= 4 is 5.71 Å². The highest BCUT2D eigenvalue weighted by atomic mass is 14.8. The summed E-state index contributed by atoms with van der Waals surface area (Å²) in [4.78, 5) is 8.51. The lowest BCUT2D eigenvalue weighted by Crippen LogP contribution is -2.03. The summed E-state index contributed by atoms with van der Waals surface area (Å²) in [6, 6.07) is 5.75. The normalized spacial score (nSPS) is 9.84. The lowest BCUT2D eigenvalue weighted by Gasteiger charge is -2.02. The number of rotatable bonds is 3. The predicted octanol–water partition coefficient (Wildman–Crippen LogP) is 5.20. The lowest BCUT2D eigenvalue weighted by atomic mass is 10.1. The van der Waals surface area contributed by atoms with E-state index in [2.05, 4.69) is 23.1 Å². The van der Waals surface area contributed by atoms with Crippen LogP contribution in [0.2, 0.25) is 0 Å². The molecule has 0 aromatic carbocycles. The molecule has 0 aliphatic rings. The highest BCUT2D eigenvalue weighted by molar-refractivity contribution is 6.10. The molecule has 104 valence electrons. The number of aliphatic imine (C=N–C) groups is 1. The van der Waals surface area contributed by atoms with E-state index in [4.69, 9.17) is 0 Å². The zero-order valence-corrected chi connectivity index (χ0v) is 12.9. The maximum Gasteiger partial charge on any atom is 0.0909 e. The molecule has 0 spiro atoms. The second kappa shape index (κ2) is 14.1. The van der Waals surface area contributed by atoms with E-state index in [-0.39, 0.29) is 0 Å². The van der Waals surface area contributed by atoms with Gasteiger partial charge in [-0.2, -0.15) is 0 Å². The van der Waals surface area contributed by atoms with E-state index in [0.717, 1.165) is 17.0 Å². The number of pyridine rings is 1. The van der Waals surface area contributed by atoms with Gasteiger partial charge in [0.15, 0.2) is 0 Å². The lowest BCUT2D eigenvalue weighted by molar-refractivity contribution is 1.27.